The molecule has 2 aliphatic heterocycles. The summed E-state index contributed by atoms with van der Waals surface area (Å²) in [5.41, 5.74) is 0.256. The third kappa shape index (κ3) is 3.85. The number of benzene rings is 2. The summed E-state index contributed by atoms with van der Waals surface area (Å²) in [6.07, 6.45) is 3.35. The average Bonchev–Trinajstić information content (AvgIpc) is 3.27. The number of aromatic carboxylic acids is 1. The number of piperidine rings is 1. The molecule has 0 saturated carbocycles. The summed E-state index contributed by atoms with van der Waals surface area (Å²) in [4.78, 5) is 38.6. The first kappa shape index (κ1) is 23.0. The summed E-state index contributed by atoms with van der Waals surface area (Å²) in [7, 11) is 1.41. The minimum atomic E-state index is -1.41. The van der Waals surface area contributed by atoms with Crippen LogP contribution >= 0.6 is 0 Å². The monoisotopic (exact) mass is 479 g/mol. The lowest BCUT2D eigenvalue weighted by Crippen LogP contribution is -2.40. The molecule has 2 N–H and O–H groups in total. The van der Waals surface area contributed by atoms with Gasteiger partial charge in [0.15, 0.2) is 17.3 Å². The summed E-state index contributed by atoms with van der Waals surface area (Å²) in [5.74, 6) is -1.60. The molecule has 35 heavy (non-hydrogen) atoms. The number of carbonyl (C=O) groups excluding carboxylic acids is 1. The minimum absolute atomic E-state index is 0.0895. The fraction of sp³-hybridized carbons (Fsp3) is 0.346. The number of nitrogens with zero attached hydrogens (tertiary/aromatic N) is 2. The van der Waals surface area contributed by atoms with E-state index in [-0.39, 0.29) is 34.2 Å². The number of carbonyl (C=O) groups is 2. The number of halogens is 1. The molecule has 0 bridgehead atoms. The predicted octanol–water partition coefficient (Wildman–Crippen LogP) is 3.23. The van der Waals surface area contributed by atoms with E-state index in [4.69, 9.17) is 4.74 Å². The number of methoxy groups -OCH3 is 1. The number of aromatic nitrogens is 1. The molecule has 3 aromatic rings. The van der Waals surface area contributed by atoms with Crippen molar-refractivity contribution < 1.29 is 23.8 Å². The Bertz CT molecular complexity index is 1390. The number of pyridine rings is 1. The molecule has 9 heteroatoms. The number of ketones is 1. The molecule has 3 heterocycles. The maximum Gasteiger partial charge on any atom is 0.341 e. The number of anilines is 1. The second kappa shape index (κ2) is 8.81. The van der Waals surface area contributed by atoms with Crippen LogP contribution in [0.3, 0.4) is 0 Å². The number of carboxylic acid groups (broad SMARTS) is 1. The molecule has 182 valence electrons. The van der Waals surface area contributed by atoms with Gasteiger partial charge in [0.05, 0.1) is 12.5 Å². The van der Waals surface area contributed by atoms with E-state index < -0.39 is 22.8 Å². The van der Waals surface area contributed by atoms with Gasteiger partial charge in [0.2, 0.25) is 5.43 Å². The van der Waals surface area contributed by atoms with Crippen molar-refractivity contribution in [1.29, 1.82) is 0 Å². The molecule has 0 radical (unpaired) electrons. The highest BCUT2D eigenvalue weighted by molar-refractivity contribution is 5.98. The van der Waals surface area contributed by atoms with Crippen molar-refractivity contribution in [2.24, 2.45) is 5.92 Å². The van der Waals surface area contributed by atoms with Crippen molar-refractivity contribution >= 4 is 28.3 Å². The van der Waals surface area contributed by atoms with Crippen molar-refractivity contribution in [3.8, 4) is 11.4 Å². The van der Waals surface area contributed by atoms with Gasteiger partial charge < -0.3 is 24.6 Å². The van der Waals surface area contributed by atoms with Crippen LogP contribution in [0.1, 0.15) is 40.5 Å². The summed E-state index contributed by atoms with van der Waals surface area (Å²) in [5, 5.41) is 13.1. The molecule has 8 nitrogen and oxygen atoms in total. The van der Waals surface area contributed by atoms with Gasteiger partial charge in [-0.25, -0.2) is 9.18 Å². The van der Waals surface area contributed by atoms with E-state index in [0.29, 0.717) is 30.3 Å². The summed E-state index contributed by atoms with van der Waals surface area (Å²) < 4.78 is 22.9. The third-order valence-corrected chi connectivity index (χ3v) is 7.07. The van der Waals surface area contributed by atoms with Crippen molar-refractivity contribution in [2.75, 3.05) is 31.6 Å². The van der Waals surface area contributed by atoms with E-state index >= 15 is 4.39 Å². The Balaban J connectivity index is 1.77. The molecule has 1 aromatic heterocycles. The van der Waals surface area contributed by atoms with Gasteiger partial charge in [-0.15, -0.1) is 0 Å². The number of rotatable bonds is 5. The Labute approximate surface area is 200 Å². The van der Waals surface area contributed by atoms with Crippen LogP contribution < -0.4 is 20.4 Å². The topological polar surface area (TPSA) is 101 Å². The number of hydrogen-bond donors (Lipinski definition) is 2. The Morgan fingerprint density at radius 1 is 1.20 bits per heavy atom. The van der Waals surface area contributed by atoms with E-state index in [1.807, 2.05) is 4.90 Å². The maximum absolute atomic E-state index is 15.6. The first-order chi connectivity index (χ1) is 16.8. The van der Waals surface area contributed by atoms with E-state index in [0.717, 1.165) is 25.5 Å². The molecule has 0 amide bonds. The fourth-order valence-corrected chi connectivity index (χ4v) is 5.35. The Morgan fingerprint density at radius 2 is 1.94 bits per heavy atom. The van der Waals surface area contributed by atoms with E-state index in [2.05, 4.69) is 5.32 Å². The molecule has 0 aliphatic carbocycles. The summed E-state index contributed by atoms with van der Waals surface area (Å²) >= 11 is 0. The zero-order valence-corrected chi connectivity index (χ0v) is 19.5. The molecule has 2 aromatic carbocycles. The Kier molecular flexibility index (Phi) is 5.80. The number of hydrogen-bond acceptors (Lipinski definition) is 6. The lowest BCUT2D eigenvalue weighted by molar-refractivity contribution is 0.0694. The van der Waals surface area contributed by atoms with Crippen LogP contribution in [0.15, 0.2) is 41.3 Å². The normalized spacial score (nSPS) is 19.6. The van der Waals surface area contributed by atoms with Gasteiger partial charge in [0.25, 0.3) is 0 Å². The van der Waals surface area contributed by atoms with Gasteiger partial charge >= 0.3 is 5.97 Å². The quantitative estimate of drug-likeness (QED) is 0.542. The van der Waals surface area contributed by atoms with Gasteiger partial charge in [-0.2, -0.15) is 0 Å². The molecule has 2 fully saturated rings. The number of carboxylic acids is 1. The molecule has 2 aliphatic rings. The standard InChI is InChI=1S/C26H26FN3O5/c1-14(31)15-5-7-17(8-6-15)30-12-19(26(33)34)24(32)18-10-20(27)23(25(35-2)22(18)30)29-11-16-4-3-9-28-21(16)13-29/h5-8,10,12,16,21,28H,3-4,9,11,13H2,1-2H3,(H,33,34). The smallest absolute Gasteiger partial charge is 0.341 e. The van der Waals surface area contributed by atoms with Gasteiger partial charge in [-0.3, -0.25) is 9.59 Å². The molecule has 2 saturated heterocycles. The SMILES string of the molecule is COc1c(N2CC3CCCNC3C2)c(F)cc2c(=O)c(C(=O)O)cn(-c3ccc(C(C)=O)cc3)c12. The molecular weight excluding hydrogens is 453 g/mol. The first-order valence-corrected chi connectivity index (χ1v) is 11.6. The van der Waals surface area contributed by atoms with Crippen LogP contribution in [-0.4, -0.2) is 54.2 Å². The highest BCUT2D eigenvalue weighted by Crippen LogP contribution is 2.41. The van der Waals surface area contributed by atoms with Crippen LogP contribution in [0.2, 0.25) is 0 Å². The zero-order chi connectivity index (χ0) is 24.9. The highest BCUT2D eigenvalue weighted by Gasteiger charge is 2.37. The minimum Gasteiger partial charge on any atom is -0.492 e. The summed E-state index contributed by atoms with van der Waals surface area (Å²) in [6.45, 7) is 3.64. The molecule has 0 spiro atoms. The van der Waals surface area contributed by atoms with Gasteiger partial charge in [0, 0.05) is 36.6 Å². The van der Waals surface area contributed by atoms with Crippen LogP contribution in [-0.2, 0) is 0 Å². The van der Waals surface area contributed by atoms with Crippen molar-refractivity contribution in [2.45, 2.75) is 25.8 Å². The number of Topliss-reactive ketones (excluding diaryl/α,β-unsaturated/α-hetero) is 1. The molecule has 5 rings (SSSR count). The lowest BCUT2D eigenvalue weighted by Gasteiger charge is -2.25. The van der Waals surface area contributed by atoms with E-state index in [1.165, 1.54) is 24.8 Å². The zero-order valence-electron chi connectivity index (χ0n) is 19.5. The summed E-state index contributed by atoms with van der Waals surface area (Å²) in [6, 6.07) is 7.91. The average molecular weight is 480 g/mol. The second-order valence-electron chi connectivity index (χ2n) is 9.15. The predicted molar refractivity (Wildman–Crippen MR) is 130 cm³/mol. The fourth-order valence-electron chi connectivity index (χ4n) is 5.35. The van der Waals surface area contributed by atoms with Crippen molar-refractivity contribution in [1.82, 2.24) is 9.88 Å². The number of ether oxygens (including phenoxy) is 1. The van der Waals surface area contributed by atoms with Crippen molar-refractivity contribution in [3.63, 3.8) is 0 Å². The first-order valence-electron chi connectivity index (χ1n) is 11.6. The van der Waals surface area contributed by atoms with E-state index in [1.54, 1.807) is 24.3 Å². The Hall–Kier alpha value is -3.72. The number of fused-ring (bicyclic) bond motifs is 2. The lowest BCUT2D eigenvalue weighted by atomic mass is 9.94. The largest absolute Gasteiger partial charge is 0.492 e. The van der Waals surface area contributed by atoms with Crippen LogP contribution in [0.5, 0.6) is 5.75 Å². The van der Waals surface area contributed by atoms with Crippen LogP contribution in [0.4, 0.5) is 10.1 Å². The van der Waals surface area contributed by atoms with E-state index in [9.17, 15) is 19.5 Å². The van der Waals surface area contributed by atoms with Crippen LogP contribution in [0.25, 0.3) is 16.6 Å². The number of nitrogens with one attached hydrogen (secondary N) is 1. The van der Waals surface area contributed by atoms with Crippen molar-refractivity contribution in [3.05, 3.63) is 63.7 Å². The highest BCUT2D eigenvalue weighted by atomic mass is 19.1. The Morgan fingerprint density at radius 3 is 2.57 bits per heavy atom. The maximum atomic E-state index is 15.6. The van der Waals surface area contributed by atoms with Gasteiger partial charge in [0.1, 0.15) is 16.8 Å². The molecule has 2 unspecified atom stereocenters. The molecular formula is C26H26FN3O5. The molecule has 2 atom stereocenters. The van der Waals surface area contributed by atoms with Gasteiger partial charge in [-0.1, -0.05) is 0 Å². The second-order valence-corrected chi connectivity index (χ2v) is 9.15. The third-order valence-electron chi connectivity index (χ3n) is 7.07. The van der Waals surface area contributed by atoms with Crippen LogP contribution in [0, 0.1) is 11.7 Å². The van der Waals surface area contributed by atoms with Gasteiger partial charge in [-0.05, 0) is 62.6 Å².